The molecule has 2 amide bonds. The number of nitrogens with zero attached hydrogens (tertiary/aromatic N) is 2. The van der Waals surface area contributed by atoms with Crippen LogP contribution >= 0.6 is 0 Å². The van der Waals surface area contributed by atoms with Crippen molar-refractivity contribution in [3.63, 3.8) is 0 Å². The normalized spacial score (nSPS) is 10.5. The van der Waals surface area contributed by atoms with Crippen LogP contribution in [0.1, 0.15) is 17.7 Å². The molecule has 2 heterocycles. The summed E-state index contributed by atoms with van der Waals surface area (Å²) in [5.74, 6) is -0.373. The van der Waals surface area contributed by atoms with Gasteiger partial charge in [-0.3, -0.25) is 14.6 Å². The first-order valence-corrected chi connectivity index (χ1v) is 6.25. The van der Waals surface area contributed by atoms with Gasteiger partial charge in [-0.15, -0.1) is 0 Å². The molecule has 7 heteroatoms. The Balaban J connectivity index is 1.68. The predicted octanol–water partition coefficient (Wildman–Crippen LogP) is 0.831. The average Bonchev–Trinajstić information content (AvgIpc) is 2.99. The number of rotatable bonds is 6. The van der Waals surface area contributed by atoms with Crippen molar-refractivity contribution in [1.82, 2.24) is 15.7 Å². The van der Waals surface area contributed by atoms with Gasteiger partial charge in [0, 0.05) is 18.9 Å². The molecule has 2 N–H and O–H groups in total. The van der Waals surface area contributed by atoms with Gasteiger partial charge in [0.2, 0.25) is 11.8 Å². The molecular weight excluding hydrogens is 272 g/mol. The Bertz CT molecular complexity index is 608. The lowest BCUT2D eigenvalue weighted by Gasteiger charge is -2.04. The molecule has 0 aliphatic carbocycles. The number of carbonyl (C=O) groups excluding carboxylic acids is 2. The van der Waals surface area contributed by atoms with Gasteiger partial charge in [0.05, 0.1) is 12.5 Å². The first-order valence-electron chi connectivity index (χ1n) is 6.25. The van der Waals surface area contributed by atoms with E-state index in [1.165, 1.54) is 12.5 Å². The number of nitrogens with one attached hydrogen (secondary N) is 2. The zero-order valence-electron chi connectivity index (χ0n) is 11.2. The lowest BCUT2D eigenvalue weighted by Crippen LogP contribution is -2.29. The van der Waals surface area contributed by atoms with Gasteiger partial charge < -0.3 is 9.73 Å². The molecule has 21 heavy (non-hydrogen) atoms. The largest absolute Gasteiger partial charge is 0.463 e. The molecule has 0 saturated heterocycles. The molecule has 0 atom stereocenters. The van der Waals surface area contributed by atoms with Crippen molar-refractivity contribution >= 4 is 18.0 Å². The van der Waals surface area contributed by atoms with E-state index in [0.717, 1.165) is 5.56 Å². The minimum Gasteiger partial charge on any atom is -0.463 e. The highest BCUT2D eigenvalue weighted by molar-refractivity contribution is 5.97. The van der Waals surface area contributed by atoms with Gasteiger partial charge in [0.1, 0.15) is 12.2 Å². The third-order valence-corrected chi connectivity index (χ3v) is 2.46. The summed E-state index contributed by atoms with van der Waals surface area (Å²) < 4.78 is 5.00. The Morgan fingerprint density at radius 2 is 2.19 bits per heavy atom. The van der Waals surface area contributed by atoms with Crippen molar-refractivity contribution in [1.29, 1.82) is 0 Å². The van der Waals surface area contributed by atoms with Crippen LogP contribution in [0, 0.1) is 0 Å². The van der Waals surface area contributed by atoms with Crippen LogP contribution < -0.4 is 10.7 Å². The van der Waals surface area contributed by atoms with E-state index in [2.05, 4.69) is 20.8 Å². The molecule has 108 valence electrons. The summed E-state index contributed by atoms with van der Waals surface area (Å²) in [5.41, 5.74) is 3.11. The molecule has 7 nitrogen and oxygen atoms in total. The van der Waals surface area contributed by atoms with Gasteiger partial charge in [-0.2, -0.15) is 5.10 Å². The number of pyridine rings is 1. The maximum absolute atomic E-state index is 11.6. The lowest BCUT2D eigenvalue weighted by atomic mass is 10.3. The number of amides is 2. The number of hydrogen-bond acceptors (Lipinski definition) is 5. The maximum Gasteiger partial charge on any atom is 0.249 e. The number of hydrazone groups is 1. The van der Waals surface area contributed by atoms with Crippen LogP contribution in [0.2, 0.25) is 0 Å². The van der Waals surface area contributed by atoms with E-state index in [9.17, 15) is 9.59 Å². The summed E-state index contributed by atoms with van der Waals surface area (Å²) in [6.07, 6.45) is 5.85. The highest BCUT2D eigenvalue weighted by Crippen LogP contribution is 1.95. The van der Waals surface area contributed by atoms with Crippen molar-refractivity contribution in [2.24, 2.45) is 5.10 Å². The molecule has 0 aliphatic heterocycles. The number of aromatic nitrogens is 1. The van der Waals surface area contributed by atoms with Gasteiger partial charge in [0.15, 0.2) is 0 Å². The maximum atomic E-state index is 11.6. The van der Waals surface area contributed by atoms with Crippen LogP contribution in [0.5, 0.6) is 0 Å². The Kier molecular flexibility index (Phi) is 5.22. The Hall–Kier alpha value is -2.96. The summed E-state index contributed by atoms with van der Waals surface area (Å²) in [7, 11) is 0. The standard InChI is InChI=1S/C14H14N4O3/c19-13(16-9-11-3-1-5-15-8-11)7-14(20)18-17-10-12-4-2-6-21-12/h1-6,8,10H,7,9H2,(H,16,19)(H,18,20). The van der Waals surface area contributed by atoms with Crippen molar-refractivity contribution in [2.75, 3.05) is 0 Å². The second-order valence-electron chi connectivity index (χ2n) is 4.12. The molecule has 0 radical (unpaired) electrons. The fourth-order valence-corrected chi connectivity index (χ4v) is 1.48. The molecule has 0 aliphatic rings. The van der Waals surface area contributed by atoms with E-state index < -0.39 is 5.91 Å². The third kappa shape index (κ3) is 5.27. The summed E-state index contributed by atoms with van der Waals surface area (Å²) >= 11 is 0. The first-order chi connectivity index (χ1) is 10.2. The third-order valence-electron chi connectivity index (χ3n) is 2.46. The topological polar surface area (TPSA) is 96.6 Å². The van der Waals surface area contributed by atoms with Crippen molar-refractivity contribution in [3.05, 3.63) is 54.2 Å². The SMILES string of the molecule is O=C(CC(=O)NN=Cc1ccco1)NCc1cccnc1. The monoisotopic (exact) mass is 286 g/mol. The van der Waals surface area contributed by atoms with Crippen LogP contribution in [0.15, 0.2) is 52.4 Å². The summed E-state index contributed by atoms with van der Waals surface area (Å²) in [6.45, 7) is 0.329. The van der Waals surface area contributed by atoms with Gasteiger partial charge in [-0.1, -0.05) is 6.07 Å². The summed E-state index contributed by atoms with van der Waals surface area (Å²) in [4.78, 5) is 27.0. The van der Waals surface area contributed by atoms with E-state index in [1.807, 2.05) is 6.07 Å². The first kappa shape index (κ1) is 14.4. The Morgan fingerprint density at radius 1 is 1.29 bits per heavy atom. The fourth-order valence-electron chi connectivity index (χ4n) is 1.48. The minimum absolute atomic E-state index is 0.296. The number of hydrogen-bond donors (Lipinski definition) is 2. The number of carbonyl (C=O) groups is 2. The smallest absolute Gasteiger partial charge is 0.249 e. The summed E-state index contributed by atoms with van der Waals surface area (Å²) in [6, 6.07) is 7.00. The van der Waals surface area contributed by atoms with E-state index in [4.69, 9.17) is 4.42 Å². The highest BCUT2D eigenvalue weighted by atomic mass is 16.3. The Labute approximate surface area is 121 Å². The molecule has 0 spiro atoms. The van der Waals surface area contributed by atoms with Gasteiger partial charge >= 0.3 is 0 Å². The quantitative estimate of drug-likeness (QED) is 0.467. The molecule has 0 fully saturated rings. The molecule has 0 bridgehead atoms. The minimum atomic E-state index is -0.499. The van der Waals surface area contributed by atoms with Crippen molar-refractivity contribution < 1.29 is 14.0 Å². The fraction of sp³-hybridized carbons (Fsp3) is 0.143. The van der Waals surface area contributed by atoms with E-state index in [1.54, 1.807) is 30.6 Å². The van der Waals surface area contributed by atoms with Crippen molar-refractivity contribution in [2.45, 2.75) is 13.0 Å². The molecule has 0 aromatic carbocycles. The average molecular weight is 286 g/mol. The Morgan fingerprint density at radius 3 is 2.90 bits per heavy atom. The zero-order valence-corrected chi connectivity index (χ0v) is 11.2. The predicted molar refractivity (Wildman–Crippen MR) is 75.1 cm³/mol. The van der Waals surface area contributed by atoms with Gasteiger partial charge in [-0.25, -0.2) is 5.43 Å². The van der Waals surface area contributed by atoms with Crippen LogP contribution in [-0.2, 0) is 16.1 Å². The van der Waals surface area contributed by atoms with Crippen LogP contribution in [0.4, 0.5) is 0 Å². The molecule has 0 saturated carbocycles. The van der Waals surface area contributed by atoms with E-state index >= 15 is 0 Å². The second-order valence-corrected chi connectivity index (χ2v) is 4.12. The lowest BCUT2D eigenvalue weighted by molar-refractivity contribution is -0.129. The van der Waals surface area contributed by atoms with Crippen LogP contribution in [0.25, 0.3) is 0 Å². The second kappa shape index (κ2) is 7.59. The molecule has 0 unspecified atom stereocenters. The zero-order chi connectivity index (χ0) is 14.9. The number of furan rings is 1. The van der Waals surface area contributed by atoms with Crippen LogP contribution in [-0.4, -0.2) is 23.0 Å². The van der Waals surface area contributed by atoms with Crippen LogP contribution in [0.3, 0.4) is 0 Å². The molecule has 2 aromatic heterocycles. The molecular formula is C14H14N4O3. The molecule has 2 rings (SSSR count). The van der Waals surface area contributed by atoms with E-state index in [-0.39, 0.29) is 12.3 Å². The summed E-state index contributed by atoms with van der Waals surface area (Å²) in [5, 5.41) is 6.30. The molecule has 2 aromatic rings. The van der Waals surface area contributed by atoms with E-state index in [0.29, 0.717) is 12.3 Å². The van der Waals surface area contributed by atoms with Gasteiger partial charge in [-0.05, 0) is 23.8 Å². The van der Waals surface area contributed by atoms with Gasteiger partial charge in [0.25, 0.3) is 0 Å². The highest BCUT2D eigenvalue weighted by Gasteiger charge is 2.08. The van der Waals surface area contributed by atoms with Crippen molar-refractivity contribution in [3.8, 4) is 0 Å².